The Balaban J connectivity index is 0.939. The molecule has 3 heterocycles. The Bertz CT molecular complexity index is 3810. The second kappa shape index (κ2) is 15.2. The van der Waals surface area contributed by atoms with E-state index in [2.05, 4.69) is 236 Å². The molecule has 2 aliphatic heterocycles. The van der Waals surface area contributed by atoms with Crippen LogP contribution in [0.1, 0.15) is 41.5 Å². The summed E-state index contributed by atoms with van der Waals surface area (Å²) in [4.78, 5) is 2.65. The van der Waals surface area contributed by atoms with Gasteiger partial charge in [-0.1, -0.05) is 212 Å². The van der Waals surface area contributed by atoms with Gasteiger partial charge in [-0.2, -0.15) is 0 Å². The maximum atomic E-state index is 7.23. The van der Waals surface area contributed by atoms with Gasteiger partial charge in [-0.15, -0.1) is 0 Å². The van der Waals surface area contributed by atoms with Crippen LogP contribution in [0.4, 0.5) is 11.4 Å². The molecule has 0 saturated heterocycles. The fourth-order valence-corrected chi connectivity index (χ4v) is 12.1. The molecule has 0 fully saturated rings. The van der Waals surface area contributed by atoms with Gasteiger partial charge in [-0.05, 0) is 81.5 Å². The van der Waals surface area contributed by atoms with E-state index >= 15 is 0 Å². The quantitative estimate of drug-likeness (QED) is 0.156. The topological polar surface area (TPSA) is 25.6 Å². The summed E-state index contributed by atoms with van der Waals surface area (Å²) in [6.07, 6.45) is 15.9. The monoisotopic (exact) mass is 873 g/mol. The molecule has 9 aromatic carbocycles. The highest BCUT2D eigenvalue weighted by Gasteiger charge is 2.47. The van der Waals surface area contributed by atoms with Crippen molar-refractivity contribution in [3.63, 3.8) is 0 Å². The molecule has 10 aromatic rings. The average Bonchev–Trinajstić information content (AvgIpc) is 3.86. The van der Waals surface area contributed by atoms with Crippen molar-refractivity contribution in [3.05, 3.63) is 252 Å². The van der Waals surface area contributed by atoms with Crippen molar-refractivity contribution in [1.82, 2.24) is 0 Å². The van der Waals surface area contributed by atoms with Crippen LogP contribution in [0.2, 0.25) is 0 Å². The third-order valence-corrected chi connectivity index (χ3v) is 15.3. The van der Waals surface area contributed by atoms with Gasteiger partial charge in [0.25, 0.3) is 0 Å². The van der Waals surface area contributed by atoms with Gasteiger partial charge in [0.15, 0.2) is 0 Å². The SMILES string of the molecule is CC12C=CC=C(Cc3ccccc3)C1Oc1c(-c3ccc4c(c3)N(c3cc5ccccc5c5ccccc35)C3C=C(c5cccc6c5oc5c(-c7ccccc7)cccc56)C=CC4C3)cccc12. The largest absolute Gasteiger partial charge is 0.484 e. The molecule has 0 amide bonds. The second-order valence-electron chi connectivity index (χ2n) is 19.3. The third-order valence-electron chi connectivity index (χ3n) is 15.3. The molecule has 68 heavy (non-hydrogen) atoms. The van der Waals surface area contributed by atoms with Crippen LogP contribution < -0.4 is 9.64 Å². The number of para-hydroxylation sites is 3. The normalized spacial score (nSPS) is 20.2. The summed E-state index contributed by atoms with van der Waals surface area (Å²) in [6, 6.07) is 68.7. The van der Waals surface area contributed by atoms with E-state index in [1.165, 1.54) is 60.8 Å². The zero-order chi connectivity index (χ0) is 44.9. The Morgan fingerprint density at radius 3 is 2.12 bits per heavy atom. The number of hydrogen-bond donors (Lipinski definition) is 0. The van der Waals surface area contributed by atoms with Gasteiger partial charge in [0.2, 0.25) is 0 Å². The number of anilines is 2. The van der Waals surface area contributed by atoms with E-state index in [9.17, 15) is 0 Å². The molecule has 2 bridgehead atoms. The molecule has 4 aliphatic rings. The van der Waals surface area contributed by atoms with Crippen molar-refractivity contribution in [2.45, 2.75) is 43.2 Å². The van der Waals surface area contributed by atoms with Crippen molar-refractivity contribution in [2.75, 3.05) is 4.90 Å². The summed E-state index contributed by atoms with van der Waals surface area (Å²) in [7, 11) is 0. The maximum Gasteiger partial charge on any atom is 0.143 e. The smallest absolute Gasteiger partial charge is 0.143 e. The van der Waals surface area contributed by atoms with Crippen LogP contribution in [0.5, 0.6) is 5.75 Å². The standard InChI is InChI=1S/C65H47NO2/c1-65-35-15-21-47(36-41-16-4-2-5-17-41)64(65)68-63-53(27-14-30-58(63)65)46-33-34-50-44-31-32-45(52-26-13-29-57-56-28-12-25-51(61(56)67-62(52)57)42-18-6-3-7-19-42)38-48(37-44)66(59(50)40-46)60-39-43-20-8-9-22-49(43)54-23-10-11-24-55(54)60/h2-35,38-40,44,48,64H,36-37H2,1H3. The predicted octanol–water partition coefficient (Wildman–Crippen LogP) is 16.6. The molecule has 4 unspecified atom stereocenters. The summed E-state index contributed by atoms with van der Waals surface area (Å²) in [5.74, 6) is 1.19. The minimum atomic E-state index is -0.277. The van der Waals surface area contributed by atoms with Crippen molar-refractivity contribution in [1.29, 1.82) is 0 Å². The van der Waals surface area contributed by atoms with Crippen LogP contribution in [0.15, 0.2) is 235 Å². The number of nitrogens with zero attached hydrogens (tertiary/aromatic N) is 1. The highest BCUT2D eigenvalue weighted by molar-refractivity contribution is 6.15. The first-order chi connectivity index (χ1) is 33.6. The van der Waals surface area contributed by atoms with Gasteiger partial charge in [-0.25, -0.2) is 0 Å². The van der Waals surface area contributed by atoms with Crippen molar-refractivity contribution < 1.29 is 9.15 Å². The van der Waals surface area contributed by atoms with Gasteiger partial charge < -0.3 is 14.1 Å². The van der Waals surface area contributed by atoms with Crippen LogP contribution in [0.3, 0.4) is 0 Å². The average molecular weight is 874 g/mol. The van der Waals surface area contributed by atoms with Gasteiger partial charge in [0.1, 0.15) is 23.0 Å². The third kappa shape index (κ3) is 5.98. The molecular weight excluding hydrogens is 827 g/mol. The molecule has 0 radical (unpaired) electrons. The summed E-state index contributed by atoms with van der Waals surface area (Å²) < 4.78 is 14.3. The van der Waals surface area contributed by atoms with Crippen LogP contribution in [0.25, 0.3) is 71.3 Å². The first-order valence-corrected chi connectivity index (χ1v) is 24.0. The maximum absolute atomic E-state index is 7.23. The van der Waals surface area contributed by atoms with Gasteiger partial charge in [-0.3, -0.25) is 0 Å². The fourth-order valence-electron chi connectivity index (χ4n) is 12.1. The zero-order valence-electron chi connectivity index (χ0n) is 37.8. The first kappa shape index (κ1) is 39.1. The molecule has 1 aromatic heterocycles. The Hall–Kier alpha value is -8.14. The second-order valence-corrected chi connectivity index (χ2v) is 19.3. The highest BCUT2D eigenvalue weighted by atomic mass is 16.5. The number of ether oxygens (including phenoxy) is 1. The predicted molar refractivity (Wildman–Crippen MR) is 282 cm³/mol. The van der Waals surface area contributed by atoms with Crippen molar-refractivity contribution >= 4 is 60.4 Å². The Morgan fingerprint density at radius 2 is 1.28 bits per heavy atom. The van der Waals surface area contributed by atoms with Crippen LogP contribution >= 0.6 is 0 Å². The molecule has 324 valence electrons. The molecule has 0 spiro atoms. The van der Waals surface area contributed by atoms with Crippen LogP contribution in [0, 0.1) is 0 Å². The molecule has 4 atom stereocenters. The molecule has 0 N–H and O–H groups in total. The number of hydrogen-bond acceptors (Lipinski definition) is 3. The van der Waals surface area contributed by atoms with E-state index < -0.39 is 0 Å². The number of furan rings is 1. The zero-order valence-corrected chi connectivity index (χ0v) is 37.8. The van der Waals surface area contributed by atoms with E-state index in [4.69, 9.17) is 9.15 Å². The molecule has 3 nitrogen and oxygen atoms in total. The number of rotatable bonds is 6. The lowest BCUT2D eigenvalue weighted by molar-refractivity contribution is 0.212. The fraction of sp³-hybridized carbons (Fsp3) is 0.108. The summed E-state index contributed by atoms with van der Waals surface area (Å²) in [6.45, 7) is 2.34. The number of allylic oxidation sites excluding steroid dienone is 5. The van der Waals surface area contributed by atoms with Crippen molar-refractivity contribution in [2.24, 2.45) is 0 Å². The van der Waals surface area contributed by atoms with E-state index in [1.54, 1.807) is 0 Å². The van der Waals surface area contributed by atoms with Gasteiger partial charge in [0.05, 0.1) is 17.1 Å². The molecule has 3 heteroatoms. The minimum Gasteiger partial charge on any atom is -0.484 e. The molecule has 0 saturated carbocycles. The lowest BCUT2D eigenvalue weighted by Crippen LogP contribution is -2.37. The molecular formula is C65H47NO2. The Kier molecular flexibility index (Phi) is 8.73. The summed E-state index contributed by atoms with van der Waals surface area (Å²) in [5, 5.41) is 7.26. The lowest BCUT2D eigenvalue weighted by Gasteiger charge is -2.41. The highest BCUT2D eigenvalue weighted by Crippen LogP contribution is 2.55. The van der Waals surface area contributed by atoms with E-state index in [0.29, 0.717) is 0 Å². The summed E-state index contributed by atoms with van der Waals surface area (Å²) >= 11 is 0. The van der Waals surface area contributed by atoms with E-state index in [1.807, 2.05) is 0 Å². The van der Waals surface area contributed by atoms with Gasteiger partial charge in [0, 0.05) is 50.0 Å². The van der Waals surface area contributed by atoms with E-state index in [-0.39, 0.29) is 23.5 Å². The van der Waals surface area contributed by atoms with Crippen molar-refractivity contribution in [3.8, 4) is 28.0 Å². The number of fused-ring (bicyclic) bond motifs is 13. The van der Waals surface area contributed by atoms with Gasteiger partial charge >= 0.3 is 0 Å². The Morgan fingerprint density at radius 1 is 0.588 bits per heavy atom. The molecule has 14 rings (SSSR count). The Labute approximate surface area is 396 Å². The van der Waals surface area contributed by atoms with Crippen LogP contribution in [-0.2, 0) is 11.8 Å². The summed E-state index contributed by atoms with van der Waals surface area (Å²) in [5.41, 5.74) is 16.0. The lowest BCUT2D eigenvalue weighted by atomic mass is 9.72. The van der Waals surface area contributed by atoms with E-state index in [0.717, 1.165) is 68.3 Å². The number of benzene rings is 9. The molecule has 2 aliphatic carbocycles. The first-order valence-electron chi connectivity index (χ1n) is 24.0. The van der Waals surface area contributed by atoms with Crippen LogP contribution in [-0.4, -0.2) is 12.1 Å². The minimum absolute atomic E-state index is 0.0344.